The lowest BCUT2D eigenvalue weighted by molar-refractivity contribution is 1.24. The highest BCUT2D eigenvalue weighted by molar-refractivity contribution is 5.79. The monoisotopic (exact) mass is 198 g/mol. The van der Waals surface area contributed by atoms with E-state index in [1.165, 1.54) is 0 Å². The average molecular weight is 198 g/mol. The first-order valence-electron chi connectivity index (χ1n) is 4.51. The molecule has 0 radical (unpaired) electrons. The standard InChI is InChI=1S/C11H10N4/c1-2-7-13-11-10(12)14-8-5-3-4-6-9(8)15-11/h1,3-6H,7H2,(H2,12,14)(H,13,15). The molecule has 15 heavy (non-hydrogen) atoms. The predicted octanol–water partition coefficient (Wildman–Crippen LogP) is 1.26. The number of nitrogens with one attached hydrogen (secondary N) is 1. The molecular formula is C11H10N4. The van der Waals surface area contributed by atoms with Crippen molar-refractivity contribution in [2.24, 2.45) is 0 Å². The second-order valence-electron chi connectivity index (χ2n) is 3.00. The Morgan fingerprint density at radius 3 is 2.60 bits per heavy atom. The molecule has 1 aromatic carbocycles. The van der Waals surface area contributed by atoms with Crippen molar-refractivity contribution in [2.75, 3.05) is 17.6 Å². The van der Waals surface area contributed by atoms with E-state index in [0.29, 0.717) is 18.2 Å². The van der Waals surface area contributed by atoms with Gasteiger partial charge in [-0.2, -0.15) is 0 Å². The van der Waals surface area contributed by atoms with Crippen LogP contribution in [0.3, 0.4) is 0 Å². The minimum Gasteiger partial charge on any atom is -0.381 e. The van der Waals surface area contributed by atoms with E-state index in [0.717, 1.165) is 11.0 Å². The number of hydrogen-bond donors (Lipinski definition) is 2. The topological polar surface area (TPSA) is 63.8 Å². The zero-order valence-electron chi connectivity index (χ0n) is 8.07. The Balaban J connectivity index is 2.48. The van der Waals surface area contributed by atoms with E-state index in [2.05, 4.69) is 21.2 Å². The molecule has 0 aliphatic carbocycles. The first-order chi connectivity index (χ1) is 7.31. The number of hydrogen-bond acceptors (Lipinski definition) is 4. The number of fused-ring (bicyclic) bond motifs is 1. The van der Waals surface area contributed by atoms with Crippen LogP contribution in [0.2, 0.25) is 0 Å². The molecular weight excluding hydrogens is 188 g/mol. The van der Waals surface area contributed by atoms with Gasteiger partial charge in [0.1, 0.15) is 0 Å². The maximum atomic E-state index is 5.72. The lowest BCUT2D eigenvalue weighted by Crippen LogP contribution is -2.06. The molecule has 74 valence electrons. The second-order valence-corrected chi connectivity index (χ2v) is 3.00. The minimum absolute atomic E-state index is 0.365. The normalized spacial score (nSPS) is 9.80. The van der Waals surface area contributed by atoms with Crippen LogP contribution in [0.5, 0.6) is 0 Å². The van der Waals surface area contributed by atoms with Crippen LogP contribution in [0.25, 0.3) is 11.0 Å². The van der Waals surface area contributed by atoms with Gasteiger partial charge in [0.15, 0.2) is 11.6 Å². The van der Waals surface area contributed by atoms with Crippen LogP contribution in [-0.4, -0.2) is 16.5 Å². The molecule has 0 bridgehead atoms. The predicted molar refractivity (Wildman–Crippen MR) is 61.3 cm³/mol. The number of anilines is 2. The van der Waals surface area contributed by atoms with Crippen LogP contribution in [0, 0.1) is 12.3 Å². The highest BCUT2D eigenvalue weighted by Crippen LogP contribution is 2.17. The van der Waals surface area contributed by atoms with Crippen molar-refractivity contribution in [3.63, 3.8) is 0 Å². The molecule has 1 heterocycles. The van der Waals surface area contributed by atoms with Crippen LogP contribution < -0.4 is 11.1 Å². The average Bonchev–Trinajstić information content (AvgIpc) is 2.26. The number of rotatable bonds is 2. The number of terminal acetylenes is 1. The SMILES string of the molecule is C#CCNc1nc2ccccc2nc1N. The Morgan fingerprint density at radius 2 is 1.93 bits per heavy atom. The van der Waals surface area contributed by atoms with Gasteiger partial charge >= 0.3 is 0 Å². The quantitative estimate of drug-likeness (QED) is 0.713. The Bertz CT molecular complexity index is 528. The third kappa shape index (κ3) is 1.81. The van der Waals surface area contributed by atoms with Gasteiger partial charge in [0, 0.05) is 0 Å². The van der Waals surface area contributed by atoms with Crippen LogP contribution in [0.1, 0.15) is 0 Å². The molecule has 3 N–H and O–H groups in total. The van der Waals surface area contributed by atoms with Crippen molar-refractivity contribution >= 4 is 22.7 Å². The van der Waals surface area contributed by atoms with E-state index in [1.54, 1.807) is 0 Å². The van der Waals surface area contributed by atoms with E-state index in [4.69, 9.17) is 12.2 Å². The zero-order chi connectivity index (χ0) is 10.7. The van der Waals surface area contributed by atoms with Crippen molar-refractivity contribution in [1.29, 1.82) is 0 Å². The fourth-order valence-electron chi connectivity index (χ4n) is 1.28. The van der Waals surface area contributed by atoms with Gasteiger partial charge in [0.2, 0.25) is 0 Å². The Labute approximate surface area is 87.5 Å². The molecule has 0 spiro atoms. The lowest BCUT2D eigenvalue weighted by Gasteiger charge is -2.05. The van der Waals surface area contributed by atoms with E-state index in [1.807, 2.05) is 24.3 Å². The van der Waals surface area contributed by atoms with E-state index < -0.39 is 0 Å². The number of nitrogens with zero attached hydrogens (tertiary/aromatic N) is 2. The van der Waals surface area contributed by atoms with Gasteiger partial charge < -0.3 is 11.1 Å². The third-order valence-electron chi connectivity index (χ3n) is 1.96. The molecule has 0 unspecified atom stereocenters. The molecule has 0 aliphatic heterocycles. The molecule has 4 heteroatoms. The summed E-state index contributed by atoms with van der Waals surface area (Å²) in [6.07, 6.45) is 5.14. The molecule has 0 saturated heterocycles. The van der Waals surface area contributed by atoms with Gasteiger partial charge in [-0.05, 0) is 12.1 Å². The fourth-order valence-corrected chi connectivity index (χ4v) is 1.28. The van der Waals surface area contributed by atoms with Gasteiger partial charge in [-0.3, -0.25) is 0 Å². The first kappa shape index (κ1) is 9.28. The van der Waals surface area contributed by atoms with Crippen LogP contribution >= 0.6 is 0 Å². The number of benzene rings is 1. The Hall–Kier alpha value is -2.28. The molecule has 0 aliphatic rings. The van der Waals surface area contributed by atoms with Crippen LogP contribution in [0.15, 0.2) is 24.3 Å². The molecule has 2 rings (SSSR count). The molecule has 0 saturated carbocycles. The number of nitrogens with two attached hydrogens (primary N) is 1. The molecule has 2 aromatic rings. The van der Waals surface area contributed by atoms with E-state index in [-0.39, 0.29) is 0 Å². The maximum Gasteiger partial charge on any atom is 0.170 e. The van der Waals surface area contributed by atoms with Crippen molar-refractivity contribution < 1.29 is 0 Å². The fraction of sp³-hybridized carbons (Fsp3) is 0.0909. The van der Waals surface area contributed by atoms with Gasteiger partial charge in [0.25, 0.3) is 0 Å². The summed E-state index contributed by atoms with van der Waals surface area (Å²) in [4.78, 5) is 8.53. The molecule has 4 nitrogen and oxygen atoms in total. The number of para-hydroxylation sites is 2. The highest BCUT2D eigenvalue weighted by atomic mass is 15.1. The summed E-state index contributed by atoms with van der Waals surface area (Å²) in [5, 5.41) is 2.92. The third-order valence-corrected chi connectivity index (χ3v) is 1.96. The lowest BCUT2D eigenvalue weighted by atomic mass is 10.3. The summed E-state index contributed by atoms with van der Waals surface area (Å²) in [6.45, 7) is 0.386. The van der Waals surface area contributed by atoms with Crippen LogP contribution in [0.4, 0.5) is 11.6 Å². The Kier molecular flexibility index (Phi) is 2.38. The maximum absolute atomic E-state index is 5.72. The summed E-state index contributed by atoms with van der Waals surface area (Å²) in [7, 11) is 0. The summed E-state index contributed by atoms with van der Waals surface area (Å²) in [5.74, 6) is 3.36. The smallest absolute Gasteiger partial charge is 0.170 e. The summed E-state index contributed by atoms with van der Waals surface area (Å²) < 4.78 is 0. The number of nitrogen functional groups attached to an aromatic ring is 1. The molecule has 0 fully saturated rings. The van der Waals surface area contributed by atoms with Gasteiger partial charge in [-0.25, -0.2) is 9.97 Å². The zero-order valence-corrected chi connectivity index (χ0v) is 8.07. The summed E-state index contributed by atoms with van der Waals surface area (Å²) in [5.41, 5.74) is 7.30. The largest absolute Gasteiger partial charge is 0.381 e. The van der Waals surface area contributed by atoms with Gasteiger partial charge in [0.05, 0.1) is 17.6 Å². The molecule has 0 atom stereocenters. The van der Waals surface area contributed by atoms with Gasteiger partial charge in [-0.1, -0.05) is 18.1 Å². The van der Waals surface area contributed by atoms with E-state index >= 15 is 0 Å². The highest BCUT2D eigenvalue weighted by Gasteiger charge is 2.03. The van der Waals surface area contributed by atoms with Crippen LogP contribution in [-0.2, 0) is 0 Å². The number of aromatic nitrogens is 2. The first-order valence-corrected chi connectivity index (χ1v) is 4.51. The Morgan fingerprint density at radius 1 is 1.27 bits per heavy atom. The summed E-state index contributed by atoms with van der Waals surface area (Å²) >= 11 is 0. The van der Waals surface area contributed by atoms with Crippen molar-refractivity contribution in [2.45, 2.75) is 0 Å². The van der Waals surface area contributed by atoms with E-state index in [9.17, 15) is 0 Å². The van der Waals surface area contributed by atoms with Gasteiger partial charge in [-0.15, -0.1) is 6.42 Å². The second kappa shape index (κ2) is 3.84. The van der Waals surface area contributed by atoms with Crippen molar-refractivity contribution in [3.05, 3.63) is 24.3 Å². The van der Waals surface area contributed by atoms with Crippen molar-refractivity contribution in [3.8, 4) is 12.3 Å². The summed E-state index contributed by atoms with van der Waals surface area (Å²) in [6, 6.07) is 7.54. The minimum atomic E-state index is 0.365. The molecule has 1 aromatic heterocycles. The molecule has 0 amide bonds. The van der Waals surface area contributed by atoms with Crippen molar-refractivity contribution in [1.82, 2.24) is 9.97 Å².